The fourth-order valence-corrected chi connectivity index (χ4v) is 1.88. The van der Waals surface area contributed by atoms with Crippen molar-refractivity contribution in [2.24, 2.45) is 5.73 Å². The molecule has 0 unspecified atom stereocenters. The van der Waals surface area contributed by atoms with Gasteiger partial charge >= 0.3 is 0 Å². The summed E-state index contributed by atoms with van der Waals surface area (Å²) in [5, 5.41) is 0. The van der Waals surface area contributed by atoms with Gasteiger partial charge in [0.1, 0.15) is 11.5 Å². The molecule has 1 amide bonds. The molecule has 2 N–H and O–H groups in total. The van der Waals surface area contributed by atoms with E-state index in [1.807, 2.05) is 13.8 Å². The minimum atomic E-state index is -0.0750. The van der Waals surface area contributed by atoms with Gasteiger partial charge in [-0.25, -0.2) is 0 Å². The van der Waals surface area contributed by atoms with Gasteiger partial charge in [-0.2, -0.15) is 0 Å². The smallest absolute Gasteiger partial charge is 0.257 e. The maximum Gasteiger partial charge on any atom is 0.257 e. The molecule has 1 aromatic heterocycles. The van der Waals surface area contributed by atoms with Crippen LogP contribution in [0.3, 0.4) is 0 Å². The van der Waals surface area contributed by atoms with Crippen molar-refractivity contribution in [3.63, 3.8) is 0 Å². The van der Waals surface area contributed by atoms with Crippen LogP contribution in [0.25, 0.3) is 0 Å². The fraction of sp³-hybridized carbons (Fsp3) is 0.500. The lowest BCUT2D eigenvalue weighted by Gasteiger charge is -2.20. The Kier molecular flexibility index (Phi) is 4.69. The van der Waals surface area contributed by atoms with E-state index in [1.54, 1.807) is 17.9 Å². The molecule has 94 valence electrons. The zero-order valence-electron chi connectivity index (χ0n) is 10.4. The average molecular weight is 254 g/mol. The number of nitrogens with zero attached hydrogens (tertiary/aromatic N) is 1. The SMILES string of the molecule is CCCN(CC(N)=S)C(=O)c1cc(C)oc1C. The van der Waals surface area contributed by atoms with Gasteiger partial charge < -0.3 is 15.1 Å². The van der Waals surface area contributed by atoms with Gasteiger partial charge in [0.25, 0.3) is 5.91 Å². The maximum absolute atomic E-state index is 12.3. The van der Waals surface area contributed by atoms with Gasteiger partial charge in [-0.15, -0.1) is 0 Å². The van der Waals surface area contributed by atoms with Crippen LogP contribution < -0.4 is 5.73 Å². The van der Waals surface area contributed by atoms with Crippen LogP contribution in [0.2, 0.25) is 0 Å². The summed E-state index contributed by atoms with van der Waals surface area (Å²) in [6.07, 6.45) is 0.865. The van der Waals surface area contributed by atoms with Crippen LogP contribution >= 0.6 is 12.2 Å². The zero-order valence-corrected chi connectivity index (χ0v) is 11.3. The number of amides is 1. The first-order valence-electron chi connectivity index (χ1n) is 5.60. The fourth-order valence-electron chi connectivity index (χ4n) is 1.72. The lowest BCUT2D eigenvalue weighted by atomic mass is 10.2. The van der Waals surface area contributed by atoms with Crippen LogP contribution in [0.5, 0.6) is 0 Å². The zero-order chi connectivity index (χ0) is 13.0. The van der Waals surface area contributed by atoms with Crippen molar-refractivity contribution < 1.29 is 9.21 Å². The van der Waals surface area contributed by atoms with Gasteiger partial charge in [0.15, 0.2) is 0 Å². The molecule has 0 aliphatic rings. The Labute approximate surface area is 107 Å². The van der Waals surface area contributed by atoms with Gasteiger partial charge in [-0.1, -0.05) is 19.1 Å². The third-order valence-corrected chi connectivity index (χ3v) is 2.53. The Morgan fingerprint density at radius 2 is 2.18 bits per heavy atom. The molecule has 0 bridgehead atoms. The molecule has 0 saturated carbocycles. The Hall–Kier alpha value is -1.36. The van der Waals surface area contributed by atoms with Crippen molar-refractivity contribution in [2.45, 2.75) is 27.2 Å². The molecule has 0 atom stereocenters. The normalized spacial score (nSPS) is 10.3. The van der Waals surface area contributed by atoms with E-state index in [1.165, 1.54) is 0 Å². The van der Waals surface area contributed by atoms with E-state index in [0.717, 1.165) is 12.2 Å². The Bertz CT molecular complexity index is 426. The molecule has 1 rings (SSSR count). The number of hydrogen-bond acceptors (Lipinski definition) is 3. The molecule has 0 aromatic carbocycles. The van der Waals surface area contributed by atoms with Crippen LogP contribution in [0, 0.1) is 13.8 Å². The van der Waals surface area contributed by atoms with Gasteiger partial charge in [-0.05, 0) is 26.3 Å². The van der Waals surface area contributed by atoms with Gasteiger partial charge in [0.05, 0.1) is 17.1 Å². The Morgan fingerprint density at radius 1 is 1.53 bits per heavy atom. The summed E-state index contributed by atoms with van der Waals surface area (Å²) in [5.74, 6) is 1.29. The second-order valence-electron chi connectivity index (χ2n) is 4.02. The molecule has 0 aliphatic heterocycles. The van der Waals surface area contributed by atoms with E-state index < -0.39 is 0 Å². The van der Waals surface area contributed by atoms with Crippen molar-refractivity contribution in [3.05, 3.63) is 23.2 Å². The number of nitrogens with two attached hydrogens (primary N) is 1. The van der Waals surface area contributed by atoms with E-state index in [4.69, 9.17) is 22.4 Å². The van der Waals surface area contributed by atoms with Crippen LogP contribution in [0.4, 0.5) is 0 Å². The van der Waals surface area contributed by atoms with Crippen molar-refractivity contribution in [3.8, 4) is 0 Å². The highest BCUT2D eigenvalue weighted by atomic mass is 32.1. The molecule has 0 aliphatic carbocycles. The highest BCUT2D eigenvalue weighted by Gasteiger charge is 2.20. The number of carbonyl (C=O) groups excluding carboxylic acids is 1. The summed E-state index contributed by atoms with van der Waals surface area (Å²) in [6, 6.07) is 1.75. The van der Waals surface area contributed by atoms with Crippen LogP contribution in [-0.2, 0) is 0 Å². The first-order chi connectivity index (χ1) is 7.95. The molecule has 0 saturated heterocycles. The molecule has 1 heterocycles. The molecule has 0 spiro atoms. The summed E-state index contributed by atoms with van der Waals surface area (Å²) >= 11 is 4.85. The van der Waals surface area contributed by atoms with Crippen LogP contribution in [-0.4, -0.2) is 28.9 Å². The van der Waals surface area contributed by atoms with Crippen LogP contribution in [0.1, 0.15) is 35.2 Å². The third-order valence-electron chi connectivity index (χ3n) is 2.40. The van der Waals surface area contributed by atoms with Gasteiger partial charge in [-0.3, -0.25) is 4.79 Å². The van der Waals surface area contributed by atoms with Crippen molar-refractivity contribution in [2.75, 3.05) is 13.1 Å². The number of hydrogen-bond donors (Lipinski definition) is 1. The van der Waals surface area contributed by atoms with E-state index in [0.29, 0.717) is 29.4 Å². The number of thiocarbonyl (C=S) groups is 1. The summed E-state index contributed by atoms with van der Waals surface area (Å²) < 4.78 is 5.36. The first-order valence-corrected chi connectivity index (χ1v) is 6.01. The molecule has 0 fully saturated rings. The van der Waals surface area contributed by atoms with Crippen LogP contribution in [0.15, 0.2) is 10.5 Å². The highest BCUT2D eigenvalue weighted by molar-refractivity contribution is 7.80. The lowest BCUT2D eigenvalue weighted by molar-refractivity contribution is 0.0778. The summed E-state index contributed by atoms with van der Waals surface area (Å²) in [4.78, 5) is 14.2. The second-order valence-corrected chi connectivity index (χ2v) is 4.54. The summed E-state index contributed by atoms with van der Waals surface area (Å²) in [7, 11) is 0. The number of carbonyl (C=O) groups is 1. The van der Waals surface area contributed by atoms with Gasteiger partial charge in [0, 0.05) is 6.54 Å². The molecule has 0 radical (unpaired) electrons. The lowest BCUT2D eigenvalue weighted by Crippen LogP contribution is -2.38. The molecule has 17 heavy (non-hydrogen) atoms. The molecule has 1 aromatic rings. The quantitative estimate of drug-likeness (QED) is 0.817. The standard InChI is InChI=1S/C12H18N2O2S/c1-4-5-14(7-11(13)17)12(15)10-6-8(2)16-9(10)3/h6H,4-5,7H2,1-3H3,(H2,13,17). The largest absolute Gasteiger partial charge is 0.466 e. The predicted octanol–water partition coefficient (Wildman–Crippen LogP) is 2.03. The van der Waals surface area contributed by atoms with E-state index in [2.05, 4.69) is 0 Å². The highest BCUT2D eigenvalue weighted by Crippen LogP contribution is 2.16. The Balaban J connectivity index is 2.91. The maximum atomic E-state index is 12.3. The van der Waals surface area contributed by atoms with E-state index >= 15 is 0 Å². The van der Waals surface area contributed by atoms with Gasteiger partial charge in [0.2, 0.25) is 0 Å². The van der Waals surface area contributed by atoms with Crippen molar-refractivity contribution in [1.82, 2.24) is 4.90 Å². The first kappa shape index (κ1) is 13.7. The number of furan rings is 1. The predicted molar refractivity (Wildman–Crippen MR) is 71.2 cm³/mol. The molecular weight excluding hydrogens is 236 g/mol. The van der Waals surface area contributed by atoms with Crippen molar-refractivity contribution >= 4 is 23.1 Å². The Morgan fingerprint density at radius 3 is 2.59 bits per heavy atom. The second kappa shape index (κ2) is 5.82. The third kappa shape index (κ3) is 3.56. The minimum Gasteiger partial charge on any atom is -0.466 e. The molecular formula is C12H18N2O2S. The minimum absolute atomic E-state index is 0.0750. The number of aryl methyl sites for hydroxylation is 2. The molecule has 5 heteroatoms. The average Bonchev–Trinajstić information content (AvgIpc) is 2.55. The topological polar surface area (TPSA) is 59.5 Å². The summed E-state index contributed by atoms with van der Waals surface area (Å²) in [5.41, 5.74) is 6.09. The van der Waals surface area contributed by atoms with E-state index in [9.17, 15) is 4.79 Å². The summed E-state index contributed by atoms with van der Waals surface area (Å²) in [6.45, 7) is 6.56. The molecule has 4 nitrogen and oxygen atoms in total. The van der Waals surface area contributed by atoms with E-state index in [-0.39, 0.29) is 5.91 Å². The monoisotopic (exact) mass is 254 g/mol. The van der Waals surface area contributed by atoms with Crippen molar-refractivity contribution in [1.29, 1.82) is 0 Å². The number of rotatable bonds is 5.